The molecule has 0 saturated carbocycles. The Kier molecular flexibility index (Phi) is 6.37. The Bertz CT molecular complexity index is 1020. The summed E-state index contributed by atoms with van der Waals surface area (Å²) in [7, 11) is 1.71. The highest BCUT2D eigenvalue weighted by Crippen LogP contribution is 2.40. The van der Waals surface area contributed by atoms with Crippen molar-refractivity contribution in [3.05, 3.63) is 76.8 Å². The summed E-state index contributed by atoms with van der Waals surface area (Å²) < 4.78 is 11.6. The number of hydrogen-bond donors (Lipinski definition) is 1. The predicted molar refractivity (Wildman–Crippen MR) is 123 cm³/mol. The predicted octanol–water partition coefficient (Wildman–Crippen LogP) is 5.31. The molecule has 1 aliphatic rings. The summed E-state index contributed by atoms with van der Waals surface area (Å²) >= 11 is 12.0. The summed E-state index contributed by atoms with van der Waals surface area (Å²) in [5.74, 6) is 1.61. The van der Waals surface area contributed by atoms with E-state index in [4.69, 9.17) is 33.0 Å². The molecule has 3 aromatic rings. The van der Waals surface area contributed by atoms with Crippen LogP contribution in [-0.2, 0) is 4.74 Å². The zero-order chi connectivity index (χ0) is 21.1. The topological polar surface area (TPSA) is 50.5 Å². The molecule has 0 unspecified atom stereocenters. The van der Waals surface area contributed by atoms with Gasteiger partial charge in [0.05, 0.1) is 11.7 Å². The molecule has 1 N–H and O–H groups in total. The van der Waals surface area contributed by atoms with E-state index in [0.29, 0.717) is 11.7 Å². The number of benzene rings is 1. The van der Waals surface area contributed by atoms with E-state index in [-0.39, 0.29) is 12.1 Å². The Morgan fingerprint density at radius 1 is 1.23 bits per heavy atom. The third kappa shape index (κ3) is 4.21. The summed E-state index contributed by atoms with van der Waals surface area (Å²) in [5.41, 5.74) is 2.91. The fourth-order valence-corrected chi connectivity index (χ4v) is 4.26. The second kappa shape index (κ2) is 9.16. The number of methoxy groups -OCH3 is 1. The van der Waals surface area contributed by atoms with Gasteiger partial charge < -0.3 is 19.4 Å². The minimum Gasteiger partial charge on any atom is -0.459 e. The lowest BCUT2D eigenvalue weighted by Crippen LogP contribution is -2.31. The van der Waals surface area contributed by atoms with E-state index in [1.54, 1.807) is 13.3 Å². The fourth-order valence-electron chi connectivity index (χ4n) is 3.75. The maximum atomic E-state index is 6.33. The summed E-state index contributed by atoms with van der Waals surface area (Å²) in [6.07, 6.45) is 2.66. The second-order valence-electron chi connectivity index (χ2n) is 7.33. The highest BCUT2D eigenvalue weighted by Gasteiger charge is 2.41. The van der Waals surface area contributed by atoms with Crippen molar-refractivity contribution in [3.8, 4) is 11.3 Å². The van der Waals surface area contributed by atoms with E-state index in [1.807, 2.05) is 55.5 Å². The van der Waals surface area contributed by atoms with Crippen molar-refractivity contribution >= 4 is 28.9 Å². The van der Waals surface area contributed by atoms with E-state index in [2.05, 4.69) is 15.2 Å². The molecule has 0 aliphatic carbocycles. The number of nitrogens with zero attached hydrogens (tertiary/aromatic N) is 2. The lowest BCUT2D eigenvalue weighted by Gasteiger charge is -2.26. The van der Waals surface area contributed by atoms with Gasteiger partial charge in [0.15, 0.2) is 5.11 Å². The van der Waals surface area contributed by atoms with Crippen LogP contribution in [0.15, 0.2) is 59.1 Å². The molecule has 0 spiro atoms. The van der Waals surface area contributed by atoms with Crippen LogP contribution in [0.4, 0.5) is 0 Å². The molecule has 5 nitrogen and oxygen atoms in total. The zero-order valence-corrected chi connectivity index (χ0v) is 18.5. The molecule has 0 radical (unpaired) electrons. The molecule has 4 rings (SSSR count). The lowest BCUT2D eigenvalue weighted by atomic mass is 10.0. The Labute approximate surface area is 187 Å². The molecular formula is C23H24ClN3O2S. The summed E-state index contributed by atoms with van der Waals surface area (Å²) in [6.45, 7) is 3.42. The quantitative estimate of drug-likeness (QED) is 0.396. The standard InChI is InChI=1S/C23H24ClN3O2S/c1-15-7-8-16(14-17(15)24)19-9-10-20(29-19)22-21(18-6-3-4-11-25-18)26-23(30)27(22)12-5-13-28-2/h3-4,6-11,14,21-22H,5,12-13H2,1-2H3,(H,26,30)/t21-,22-/m0/s1. The van der Waals surface area contributed by atoms with Crippen molar-refractivity contribution in [1.29, 1.82) is 0 Å². The number of aromatic nitrogens is 1. The number of rotatable bonds is 7. The number of ether oxygens (including phenoxy) is 1. The van der Waals surface area contributed by atoms with Crippen molar-refractivity contribution < 1.29 is 9.15 Å². The summed E-state index contributed by atoms with van der Waals surface area (Å²) in [5, 5.41) is 4.86. The number of halogens is 1. The van der Waals surface area contributed by atoms with Gasteiger partial charge in [-0.25, -0.2) is 0 Å². The van der Waals surface area contributed by atoms with E-state index in [0.717, 1.165) is 46.3 Å². The van der Waals surface area contributed by atoms with Gasteiger partial charge in [0.25, 0.3) is 0 Å². The van der Waals surface area contributed by atoms with Crippen molar-refractivity contribution in [2.75, 3.05) is 20.3 Å². The van der Waals surface area contributed by atoms with Gasteiger partial charge in [0.2, 0.25) is 0 Å². The molecule has 0 amide bonds. The number of nitrogens with one attached hydrogen (secondary N) is 1. The maximum absolute atomic E-state index is 6.33. The van der Waals surface area contributed by atoms with Crippen LogP contribution in [0.3, 0.4) is 0 Å². The largest absolute Gasteiger partial charge is 0.459 e. The van der Waals surface area contributed by atoms with E-state index in [1.165, 1.54) is 0 Å². The first-order valence-electron chi connectivity index (χ1n) is 9.91. The minimum atomic E-state index is -0.0982. The smallest absolute Gasteiger partial charge is 0.170 e. The molecule has 2 atom stereocenters. The van der Waals surface area contributed by atoms with Crippen LogP contribution in [0.1, 0.15) is 35.5 Å². The zero-order valence-electron chi connectivity index (χ0n) is 17.0. The summed E-state index contributed by atoms with van der Waals surface area (Å²) in [6, 6.07) is 15.7. The van der Waals surface area contributed by atoms with Gasteiger partial charge >= 0.3 is 0 Å². The average molecular weight is 442 g/mol. The lowest BCUT2D eigenvalue weighted by molar-refractivity contribution is 0.177. The fraction of sp³-hybridized carbons (Fsp3) is 0.304. The first-order valence-corrected chi connectivity index (χ1v) is 10.7. The highest BCUT2D eigenvalue weighted by atomic mass is 35.5. The first kappa shape index (κ1) is 20.8. The summed E-state index contributed by atoms with van der Waals surface area (Å²) in [4.78, 5) is 6.72. The molecule has 156 valence electrons. The number of aryl methyl sites for hydroxylation is 1. The van der Waals surface area contributed by atoms with Crippen LogP contribution in [0.2, 0.25) is 5.02 Å². The van der Waals surface area contributed by atoms with Crippen LogP contribution in [0.5, 0.6) is 0 Å². The van der Waals surface area contributed by atoms with Crippen LogP contribution in [0.25, 0.3) is 11.3 Å². The number of pyridine rings is 1. The van der Waals surface area contributed by atoms with Gasteiger partial charge in [-0.3, -0.25) is 4.98 Å². The Morgan fingerprint density at radius 2 is 2.10 bits per heavy atom. The third-order valence-electron chi connectivity index (χ3n) is 5.32. The van der Waals surface area contributed by atoms with Crippen LogP contribution >= 0.6 is 23.8 Å². The molecule has 3 heterocycles. The average Bonchev–Trinajstić information content (AvgIpc) is 3.36. The van der Waals surface area contributed by atoms with E-state index < -0.39 is 0 Å². The molecule has 0 bridgehead atoms. The van der Waals surface area contributed by atoms with Gasteiger partial charge in [-0.15, -0.1) is 0 Å². The van der Waals surface area contributed by atoms with Gasteiger partial charge in [-0.05, 0) is 61.5 Å². The van der Waals surface area contributed by atoms with Crippen LogP contribution in [0, 0.1) is 6.92 Å². The Morgan fingerprint density at radius 3 is 2.83 bits per heavy atom. The SMILES string of the molecule is COCCCN1C(=S)N[C@@H](c2ccccn2)[C@@H]1c1ccc(-c2ccc(C)c(Cl)c2)o1. The van der Waals surface area contributed by atoms with E-state index in [9.17, 15) is 0 Å². The Balaban J connectivity index is 1.68. The van der Waals surface area contributed by atoms with Gasteiger partial charge in [0.1, 0.15) is 17.6 Å². The van der Waals surface area contributed by atoms with Crippen molar-refractivity contribution in [3.63, 3.8) is 0 Å². The van der Waals surface area contributed by atoms with Crippen LogP contribution < -0.4 is 5.32 Å². The van der Waals surface area contributed by atoms with Gasteiger partial charge in [-0.1, -0.05) is 29.8 Å². The molecule has 1 fully saturated rings. The number of furan rings is 1. The molecule has 1 saturated heterocycles. The minimum absolute atomic E-state index is 0.0955. The molecular weight excluding hydrogens is 418 g/mol. The maximum Gasteiger partial charge on any atom is 0.170 e. The number of hydrogen-bond acceptors (Lipinski definition) is 4. The monoisotopic (exact) mass is 441 g/mol. The van der Waals surface area contributed by atoms with Crippen molar-refractivity contribution in [2.24, 2.45) is 0 Å². The second-order valence-corrected chi connectivity index (χ2v) is 8.13. The third-order valence-corrected chi connectivity index (χ3v) is 6.08. The van der Waals surface area contributed by atoms with Gasteiger partial charge in [-0.2, -0.15) is 0 Å². The highest BCUT2D eigenvalue weighted by molar-refractivity contribution is 7.80. The molecule has 1 aromatic carbocycles. The normalized spacial score (nSPS) is 18.6. The Hall–Kier alpha value is -2.41. The first-order chi connectivity index (χ1) is 14.6. The molecule has 1 aliphatic heterocycles. The van der Waals surface area contributed by atoms with E-state index >= 15 is 0 Å². The van der Waals surface area contributed by atoms with Crippen molar-refractivity contribution in [2.45, 2.75) is 25.4 Å². The van der Waals surface area contributed by atoms with Crippen molar-refractivity contribution in [1.82, 2.24) is 15.2 Å². The molecule has 30 heavy (non-hydrogen) atoms. The molecule has 7 heteroatoms. The number of thiocarbonyl (C=S) groups is 1. The van der Waals surface area contributed by atoms with Crippen LogP contribution in [-0.4, -0.2) is 35.3 Å². The molecule has 2 aromatic heterocycles. The van der Waals surface area contributed by atoms with Gasteiger partial charge in [0, 0.05) is 37.0 Å².